The van der Waals surface area contributed by atoms with Gasteiger partial charge in [0.25, 0.3) is 0 Å². The third kappa shape index (κ3) is 5.28. The summed E-state index contributed by atoms with van der Waals surface area (Å²) in [5.41, 5.74) is 1.54. The minimum atomic E-state index is -3.68. The zero-order valence-electron chi connectivity index (χ0n) is 19.3. The first-order valence-electron chi connectivity index (χ1n) is 11.6. The van der Waals surface area contributed by atoms with Crippen molar-refractivity contribution in [2.75, 3.05) is 39.3 Å². The van der Waals surface area contributed by atoms with E-state index in [4.69, 9.17) is 0 Å². The number of piperidine rings is 1. The molecule has 1 atom stereocenters. The summed E-state index contributed by atoms with van der Waals surface area (Å²) in [7, 11) is -3.68. The van der Waals surface area contributed by atoms with Gasteiger partial charge in [0.2, 0.25) is 15.9 Å². The molecule has 1 aromatic heterocycles. The molecule has 180 valence electrons. The maximum absolute atomic E-state index is 13.2. The van der Waals surface area contributed by atoms with Crippen molar-refractivity contribution in [2.45, 2.75) is 44.7 Å². The second kappa shape index (κ2) is 9.90. The highest BCUT2D eigenvalue weighted by Gasteiger charge is 2.37. The zero-order chi connectivity index (χ0) is 23.6. The molecule has 10 heteroatoms. The van der Waals surface area contributed by atoms with Gasteiger partial charge in [-0.25, -0.2) is 12.8 Å². The lowest BCUT2D eigenvalue weighted by atomic mass is 9.97. The van der Waals surface area contributed by atoms with Crippen LogP contribution in [0, 0.1) is 18.7 Å². The number of aromatic nitrogens is 2. The van der Waals surface area contributed by atoms with Crippen LogP contribution in [0.2, 0.25) is 0 Å². The summed E-state index contributed by atoms with van der Waals surface area (Å²) in [6.45, 7) is 8.31. The Morgan fingerprint density at radius 1 is 1.12 bits per heavy atom. The highest BCUT2D eigenvalue weighted by atomic mass is 32.2. The van der Waals surface area contributed by atoms with Gasteiger partial charge >= 0.3 is 0 Å². The number of aryl methyl sites for hydroxylation is 2. The molecule has 2 saturated heterocycles. The summed E-state index contributed by atoms with van der Waals surface area (Å²) in [6, 6.07) is 6.51. The molecule has 33 heavy (non-hydrogen) atoms. The minimum absolute atomic E-state index is 0.0392. The van der Waals surface area contributed by atoms with Gasteiger partial charge in [0.1, 0.15) is 10.7 Å². The lowest BCUT2D eigenvalue weighted by Crippen LogP contribution is -2.52. The summed E-state index contributed by atoms with van der Waals surface area (Å²) >= 11 is 0. The van der Waals surface area contributed by atoms with E-state index in [0.29, 0.717) is 44.7 Å². The molecular formula is C23H32FN5O3S. The quantitative estimate of drug-likeness (QED) is 0.637. The van der Waals surface area contributed by atoms with Crippen LogP contribution in [-0.4, -0.2) is 77.5 Å². The molecule has 1 aromatic carbocycles. The number of sulfonamides is 1. The van der Waals surface area contributed by atoms with Crippen molar-refractivity contribution >= 4 is 15.9 Å². The van der Waals surface area contributed by atoms with Crippen LogP contribution in [0.15, 0.2) is 35.4 Å². The van der Waals surface area contributed by atoms with E-state index in [1.54, 1.807) is 29.9 Å². The van der Waals surface area contributed by atoms with Gasteiger partial charge in [0.15, 0.2) is 0 Å². The van der Waals surface area contributed by atoms with Gasteiger partial charge in [0.05, 0.1) is 11.6 Å². The highest BCUT2D eigenvalue weighted by Crippen LogP contribution is 2.27. The van der Waals surface area contributed by atoms with Gasteiger partial charge in [0, 0.05) is 58.6 Å². The van der Waals surface area contributed by atoms with E-state index in [1.165, 1.54) is 16.4 Å². The zero-order valence-corrected chi connectivity index (χ0v) is 20.1. The first kappa shape index (κ1) is 23.8. The number of nitrogens with zero attached hydrogens (tertiary/aromatic N) is 5. The van der Waals surface area contributed by atoms with Crippen molar-refractivity contribution in [1.82, 2.24) is 23.9 Å². The third-order valence-corrected chi connectivity index (χ3v) is 8.55. The average molecular weight is 478 g/mol. The molecule has 1 amide bonds. The smallest absolute Gasteiger partial charge is 0.246 e. The second-order valence-electron chi connectivity index (χ2n) is 8.86. The Balaban J connectivity index is 1.35. The average Bonchev–Trinajstić information content (AvgIpc) is 3.22. The summed E-state index contributed by atoms with van der Waals surface area (Å²) in [5, 5.41) is 4.27. The van der Waals surface area contributed by atoms with E-state index in [1.807, 2.05) is 11.8 Å². The Morgan fingerprint density at radius 2 is 1.82 bits per heavy atom. The van der Waals surface area contributed by atoms with Crippen LogP contribution in [0.5, 0.6) is 0 Å². The van der Waals surface area contributed by atoms with E-state index in [9.17, 15) is 17.6 Å². The molecule has 0 bridgehead atoms. The fraction of sp³-hybridized carbons (Fsp3) is 0.565. The topological polar surface area (TPSA) is 78.8 Å². The molecule has 2 aliphatic rings. The van der Waals surface area contributed by atoms with Crippen molar-refractivity contribution in [2.24, 2.45) is 5.92 Å². The van der Waals surface area contributed by atoms with E-state index < -0.39 is 10.0 Å². The standard InChI is InChI=1S/C23H32FN5O3S/c1-3-28-17-22(18(2)25-28)33(31,32)29-10-4-5-20(16-29)23(30)27-13-11-26(12-14-27)15-19-6-8-21(24)9-7-19/h6-9,17,20H,3-5,10-16H2,1-2H3/t20-/m1/s1. The molecule has 0 saturated carbocycles. The molecule has 0 unspecified atom stereocenters. The van der Waals surface area contributed by atoms with Crippen molar-refractivity contribution in [1.29, 1.82) is 0 Å². The number of amides is 1. The van der Waals surface area contributed by atoms with Crippen LogP contribution < -0.4 is 0 Å². The Hall–Kier alpha value is -2.30. The van der Waals surface area contributed by atoms with Gasteiger partial charge in [-0.15, -0.1) is 0 Å². The largest absolute Gasteiger partial charge is 0.340 e. The molecule has 2 aromatic rings. The predicted octanol–water partition coefficient (Wildman–Crippen LogP) is 2.10. The summed E-state index contributed by atoms with van der Waals surface area (Å²) < 4.78 is 42.7. The molecule has 0 N–H and O–H groups in total. The van der Waals surface area contributed by atoms with E-state index in [2.05, 4.69) is 10.00 Å². The van der Waals surface area contributed by atoms with E-state index >= 15 is 0 Å². The van der Waals surface area contributed by atoms with Gasteiger partial charge in [-0.05, 0) is 44.4 Å². The van der Waals surface area contributed by atoms with Gasteiger partial charge in [-0.3, -0.25) is 14.4 Å². The number of hydrogen-bond donors (Lipinski definition) is 0. The number of carbonyl (C=O) groups is 1. The minimum Gasteiger partial charge on any atom is -0.340 e. The fourth-order valence-corrected chi connectivity index (χ4v) is 6.34. The van der Waals surface area contributed by atoms with Gasteiger partial charge < -0.3 is 4.90 Å². The molecule has 0 spiro atoms. The van der Waals surface area contributed by atoms with Crippen molar-refractivity contribution < 1.29 is 17.6 Å². The number of halogens is 1. The number of benzene rings is 1. The third-order valence-electron chi connectivity index (χ3n) is 6.58. The van der Waals surface area contributed by atoms with Crippen LogP contribution in [0.3, 0.4) is 0 Å². The number of piperazine rings is 1. The summed E-state index contributed by atoms with van der Waals surface area (Å²) in [6.07, 6.45) is 2.95. The SMILES string of the molecule is CCn1cc(S(=O)(=O)N2CCC[C@@H](C(=O)N3CCN(Cc4ccc(F)cc4)CC3)C2)c(C)n1. The predicted molar refractivity (Wildman–Crippen MR) is 122 cm³/mol. The Morgan fingerprint density at radius 3 is 2.45 bits per heavy atom. The first-order chi connectivity index (χ1) is 15.8. The van der Waals surface area contributed by atoms with Crippen molar-refractivity contribution in [3.8, 4) is 0 Å². The Labute approximate surface area is 195 Å². The second-order valence-corrected chi connectivity index (χ2v) is 10.8. The number of carbonyl (C=O) groups excluding carboxylic acids is 1. The van der Waals surface area contributed by atoms with Gasteiger partial charge in [-0.1, -0.05) is 12.1 Å². The Kier molecular flexibility index (Phi) is 7.16. The molecule has 2 aliphatic heterocycles. The molecule has 8 nitrogen and oxygen atoms in total. The summed E-state index contributed by atoms with van der Waals surface area (Å²) in [4.78, 5) is 17.6. The molecule has 3 heterocycles. The number of rotatable bonds is 6. The molecule has 4 rings (SSSR count). The van der Waals surface area contributed by atoms with Crippen LogP contribution >= 0.6 is 0 Å². The van der Waals surface area contributed by atoms with Crippen LogP contribution in [-0.2, 0) is 27.9 Å². The van der Waals surface area contributed by atoms with Crippen molar-refractivity contribution in [3.63, 3.8) is 0 Å². The molecular weight excluding hydrogens is 445 g/mol. The van der Waals surface area contributed by atoms with Crippen LogP contribution in [0.25, 0.3) is 0 Å². The monoisotopic (exact) mass is 477 g/mol. The summed E-state index contributed by atoms with van der Waals surface area (Å²) in [5.74, 6) is -0.525. The highest BCUT2D eigenvalue weighted by molar-refractivity contribution is 7.89. The first-order valence-corrected chi connectivity index (χ1v) is 13.0. The van der Waals surface area contributed by atoms with Gasteiger partial charge in [-0.2, -0.15) is 9.40 Å². The molecule has 0 radical (unpaired) electrons. The Bertz CT molecular complexity index is 1080. The lowest BCUT2D eigenvalue weighted by Gasteiger charge is -2.38. The van der Waals surface area contributed by atoms with Crippen molar-refractivity contribution in [3.05, 3.63) is 47.5 Å². The molecule has 2 fully saturated rings. The van der Waals surface area contributed by atoms with Crippen LogP contribution in [0.4, 0.5) is 4.39 Å². The van der Waals surface area contributed by atoms with Crippen LogP contribution in [0.1, 0.15) is 31.0 Å². The van der Waals surface area contributed by atoms with E-state index in [0.717, 1.165) is 25.2 Å². The maximum Gasteiger partial charge on any atom is 0.246 e. The normalized spacial score (nSPS) is 20.8. The molecule has 0 aliphatic carbocycles. The maximum atomic E-state index is 13.2. The number of hydrogen-bond acceptors (Lipinski definition) is 5. The van der Waals surface area contributed by atoms with E-state index in [-0.39, 0.29) is 29.1 Å². The fourth-order valence-electron chi connectivity index (χ4n) is 4.65. The lowest BCUT2D eigenvalue weighted by molar-refractivity contribution is -0.138.